The first kappa shape index (κ1) is 14.3. The minimum absolute atomic E-state index is 0.0128. The van der Waals surface area contributed by atoms with E-state index in [1.165, 1.54) is 19.3 Å². The van der Waals surface area contributed by atoms with E-state index in [4.69, 9.17) is 0 Å². The molecule has 2 N–H and O–H groups in total. The van der Waals surface area contributed by atoms with Crippen LogP contribution in [0.1, 0.15) is 44.9 Å². The summed E-state index contributed by atoms with van der Waals surface area (Å²) in [5.74, 6) is 0.253. The highest BCUT2D eigenvalue weighted by Gasteiger charge is 2.35. The standard InChI is InChI=1S/C14H25N3O2/c1-15-8-7-13(18)16-11-9-14(19)17(10-11)12-5-3-2-4-6-12/h11-12,15H,2-10H2,1H3,(H,16,18). The van der Waals surface area contributed by atoms with Crippen molar-refractivity contribution in [2.24, 2.45) is 0 Å². The number of nitrogens with one attached hydrogen (secondary N) is 2. The van der Waals surface area contributed by atoms with Crippen LogP contribution in [0, 0.1) is 0 Å². The molecule has 1 atom stereocenters. The second-order valence-corrected chi connectivity index (χ2v) is 5.66. The molecule has 0 radical (unpaired) electrons. The van der Waals surface area contributed by atoms with Crippen LogP contribution in [0.4, 0.5) is 0 Å². The first-order valence-corrected chi connectivity index (χ1v) is 7.44. The van der Waals surface area contributed by atoms with Crippen LogP contribution in [0.15, 0.2) is 0 Å². The van der Waals surface area contributed by atoms with Gasteiger partial charge in [0.25, 0.3) is 0 Å². The van der Waals surface area contributed by atoms with E-state index in [9.17, 15) is 9.59 Å². The van der Waals surface area contributed by atoms with Gasteiger partial charge in [0.2, 0.25) is 11.8 Å². The largest absolute Gasteiger partial charge is 0.351 e. The van der Waals surface area contributed by atoms with Crippen LogP contribution < -0.4 is 10.6 Å². The second kappa shape index (κ2) is 6.89. The number of carbonyl (C=O) groups is 2. The highest BCUT2D eigenvalue weighted by Crippen LogP contribution is 2.26. The molecule has 1 aliphatic heterocycles. The summed E-state index contributed by atoms with van der Waals surface area (Å²) in [5, 5.41) is 5.93. The zero-order chi connectivity index (χ0) is 13.7. The molecule has 0 bridgehead atoms. The van der Waals surface area contributed by atoms with E-state index in [0.717, 1.165) is 12.8 Å². The molecule has 5 heteroatoms. The summed E-state index contributed by atoms with van der Waals surface area (Å²) in [6, 6.07) is 0.430. The third kappa shape index (κ3) is 3.93. The Morgan fingerprint density at radius 2 is 2.05 bits per heavy atom. The van der Waals surface area contributed by atoms with Gasteiger partial charge in [-0.25, -0.2) is 0 Å². The van der Waals surface area contributed by atoms with Gasteiger partial charge in [-0.1, -0.05) is 19.3 Å². The van der Waals surface area contributed by atoms with E-state index in [-0.39, 0.29) is 17.9 Å². The van der Waals surface area contributed by atoms with Gasteiger partial charge in [0, 0.05) is 32.0 Å². The first-order valence-electron chi connectivity index (χ1n) is 7.44. The number of hydrogen-bond acceptors (Lipinski definition) is 3. The smallest absolute Gasteiger partial charge is 0.225 e. The maximum absolute atomic E-state index is 12.0. The van der Waals surface area contributed by atoms with Crippen molar-refractivity contribution in [2.45, 2.75) is 57.0 Å². The fourth-order valence-corrected chi connectivity index (χ4v) is 3.11. The van der Waals surface area contributed by atoms with E-state index >= 15 is 0 Å². The normalized spacial score (nSPS) is 24.8. The molecule has 2 fully saturated rings. The summed E-state index contributed by atoms with van der Waals surface area (Å²) in [4.78, 5) is 25.7. The fraction of sp³-hybridized carbons (Fsp3) is 0.857. The predicted molar refractivity (Wildman–Crippen MR) is 73.7 cm³/mol. The summed E-state index contributed by atoms with van der Waals surface area (Å²) < 4.78 is 0. The van der Waals surface area contributed by atoms with Gasteiger partial charge in [-0.15, -0.1) is 0 Å². The Kier molecular flexibility index (Phi) is 5.19. The Labute approximate surface area is 115 Å². The molecule has 0 aromatic heterocycles. The lowest BCUT2D eigenvalue weighted by Crippen LogP contribution is -2.41. The van der Waals surface area contributed by atoms with Crippen LogP contribution in [-0.4, -0.2) is 48.9 Å². The minimum atomic E-state index is 0.0128. The van der Waals surface area contributed by atoms with Crippen LogP contribution >= 0.6 is 0 Å². The summed E-state index contributed by atoms with van der Waals surface area (Å²) in [5.41, 5.74) is 0. The number of hydrogen-bond donors (Lipinski definition) is 2. The van der Waals surface area contributed by atoms with Crippen LogP contribution in [-0.2, 0) is 9.59 Å². The van der Waals surface area contributed by atoms with Crippen LogP contribution in [0.2, 0.25) is 0 Å². The molecule has 1 saturated heterocycles. The molecular formula is C14H25N3O2. The van der Waals surface area contributed by atoms with Crippen molar-refractivity contribution in [2.75, 3.05) is 20.1 Å². The third-order valence-corrected chi connectivity index (χ3v) is 4.14. The molecule has 0 spiro atoms. The van der Waals surface area contributed by atoms with E-state index < -0.39 is 0 Å². The molecular weight excluding hydrogens is 242 g/mol. The quantitative estimate of drug-likeness (QED) is 0.768. The van der Waals surface area contributed by atoms with Crippen molar-refractivity contribution in [3.8, 4) is 0 Å². The van der Waals surface area contributed by atoms with Gasteiger partial charge in [0.05, 0.1) is 6.04 Å². The van der Waals surface area contributed by atoms with Crippen molar-refractivity contribution in [3.63, 3.8) is 0 Å². The molecule has 1 unspecified atom stereocenters. The number of likely N-dealkylation sites (tertiary alicyclic amines) is 1. The highest BCUT2D eigenvalue weighted by atomic mass is 16.2. The van der Waals surface area contributed by atoms with Crippen LogP contribution in [0.25, 0.3) is 0 Å². The van der Waals surface area contributed by atoms with Gasteiger partial charge in [0.15, 0.2) is 0 Å². The summed E-state index contributed by atoms with van der Waals surface area (Å²) in [6.07, 6.45) is 6.97. The Morgan fingerprint density at radius 3 is 2.74 bits per heavy atom. The lowest BCUT2D eigenvalue weighted by Gasteiger charge is -2.31. The van der Waals surface area contributed by atoms with Gasteiger partial charge in [0.1, 0.15) is 0 Å². The molecule has 1 heterocycles. The van der Waals surface area contributed by atoms with Gasteiger partial charge < -0.3 is 15.5 Å². The van der Waals surface area contributed by atoms with E-state index in [0.29, 0.717) is 32.0 Å². The molecule has 108 valence electrons. The van der Waals surface area contributed by atoms with Crippen molar-refractivity contribution in [1.82, 2.24) is 15.5 Å². The first-order chi connectivity index (χ1) is 9.20. The number of rotatable bonds is 5. The number of amides is 2. The molecule has 0 aromatic rings. The SMILES string of the molecule is CNCCC(=O)NC1CC(=O)N(C2CCCCC2)C1. The molecule has 5 nitrogen and oxygen atoms in total. The molecule has 2 rings (SSSR count). The Hall–Kier alpha value is -1.10. The Bertz CT molecular complexity index is 327. The van der Waals surface area contributed by atoms with E-state index in [2.05, 4.69) is 10.6 Å². The topological polar surface area (TPSA) is 61.4 Å². The average Bonchev–Trinajstić information content (AvgIpc) is 2.78. The fourth-order valence-electron chi connectivity index (χ4n) is 3.11. The maximum atomic E-state index is 12.0. The molecule has 1 aliphatic carbocycles. The van der Waals surface area contributed by atoms with Gasteiger partial charge in [-0.05, 0) is 19.9 Å². The van der Waals surface area contributed by atoms with Crippen LogP contribution in [0.5, 0.6) is 0 Å². The van der Waals surface area contributed by atoms with Crippen molar-refractivity contribution < 1.29 is 9.59 Å². The lowest BCUT2D eigenvalue weighted by atomic mass is 9.94. The molecule has 1 saturated carbocycles. The maximum Gasteiger partial charge on any atom is 0.225 e. The molecule has 2 aliphatic rings. The van der Waals surface area contributed by atoms with E-state index in [1.54, 1.807) is 0 Å². The summed E-state index contributed by atoms with van der Waals surface area (Å²) in [6.45, 7) is 1.38. The predicted octanol–water partition coefficient (Wildman–Crippen LogP) is 0.646. The zero-order valence-electron chi connectivity index (χ0n) is 11.8. The molecule has 0 aromatic carbocycles. The van der Waals surface area contributed by atoms with Gasteiger partial charge >= 0.3 is 0 Å². The second-order valence-electron chi connectivity index (χ2n) is 5.66. The third-order valence-electron chi connectivity index (χ3n) is 4.14. The van der Waals surface area contributed by atoms with E-state index in [1.807, 2.05) is 11.9 Å². The number of carbonyl (C=O) groups excluding carboxylic acids is 2. The monoisotopic (exact) mass is 267 g/mol. The molecule has 2 amide bonds. The lowest BCUT2D eigenvalue weighted by molar-refractivity contribution is -0.130. The Morgan fingerprint density at radius 1 is 1.32 bits per heavy atom. The van der Waals surface area contributed by atoms with Crippen molar-refractivity contribution in [1.29, 1.82) is 0 Å². The minimum Gasteiger partial charge on any atom is -0.351 e. The Balaban J connectivity index is 1.79. The van der Waals surface area contributed by atoms with Crippen molar-refractivity contribution in [3.05, 3.63) is 0 Å². The average molecular weight is 267 g/mol. The zero-order valence-corrected chi connectivity index (χ0v) is 11.8. The van der Waals surface area contributed by atoms with Gasteiger partial charge in [-0.3, -0.25) is 9.59 Å². The van der Waals surface area contributed by atoms with Crippen molar-refractivity contribution >= 4 is 11.8 Å². The molecule has 19 heavy (non-hydrogen) atoms. The summed E-state index contributed by atoms with van der Waals surface area (Å²) in [7, 11) is 1.83. The van der Waals surface area contributed by atoms with Crippen LogP contribution in [0.3, 0.4) is 0 Å². The van der Waals surface area contributed by atoms with Gasteiger partial charge in [-0.2, -0.15) is 0 Å². The highest BCUT2D eigenvalue weighted by molar-refractivity contribution is 5.82. The summed E-state index contributed by atoms with van der Waals surface area (Å²) >= 11 is 0. The number of nitrogens with zero attached hydrogens (tertiary/aromatic N) is 1.